The fourth-order valence-corrected chi connectivity index (χ4v) is 1.89. The summed E-state index contributed by atoms with van der Waals surface area (Å²) in [5.41, 5.74) is 2.74. The normalized spacial score (nSPS) is 11.0. The molecule has 1 N–H and O–H groups in total. The molecule has 2 rings (SSSR count). The number of hydrogen-bond donors (Lipinski definition) is 1. The number of carboxylic acid groups (broad SMARTS) is 1. The number of carbonyl (C=O) groups is 1. The van der Waals surface area contributed by atoms with Crippen molar-refractivity contribution in [2.24, 2.45) is 0 Å². The molecular formula is C16H15N3O2. The zero-order chi connectivity index (χ0) is 15.4. The summed E-state index contributed by atoms with van der Waals surface area (Å²) >= 11 is 0. The Morgan fingerprint density at radius 1 is 1.43 bits per heavy atom. The van der Waals surface area contributed by atoms with Gasteiger partial charge in [0, 0.05) is 12.3 Å². The Morgan fingerprint density at radius 3 is 2.76 bits per heavy atom. The number of hydrogen-bond acceptors (Lipinski definition) is 3. The maximum Gasteiger partial charge on any atom is 0.328 e. The highest BCUT2D eigenvalue weighted by atomic mass is 16.4. The Morgan fingerprint density at radius 2 is 2.19 bits per heavy atom. The van der Waals surface area contributed by atoms with Gasteiger partial charge in [0.2, 0.25) is 0 Å². The summed E-state index contributed by atoms with van der Waals surface area (Å²) in [5.74, 6) is -0.708. The van der Waals surface area contributed by atoms with Gasteiger partial charge in [-0.1, -0.05) is 19.9 Å². The van der Waals surface area contributed by atoms with Crippen molar-refractivity contribution in [3.05, 3.63) is 53.4 Å². The van der Waals surface area contributed by atoms with Crippen molar-refractivity contribution in [2.45, 2.75) is 19.8 Å². The molecule has 0 saturated heterocycles. The smallest absolute Gasteiger partial charge is 0.328 e. The van der Waals surface area contributed by atoms with E-state index in [1.54, 1.807) is 22.9 Å². The first-order valence-electron chi connectivity index (χ1n) is 6.52. The molecule has 0 aliphatic carbocycles. The summed E-state index contributed by atoms with van der Waals surface area (Å²) in [6.07, 6.45) is 4.31. The van der Waals surface area contributed by atoms with Crippen molar-refractivity contribution in [3.63, 3.8) is 0 Å². The number of benzene rings is 1. The molecule has 21 heavy (non-hydrogen) atoms. The molecule has 5 heteroatoms. The molecule has 5 nitrogen and oxygen atoms in total. The molecule has 0 radical (unpaired) electrons. The van der Waals surface area contributed by atoms with Crippen LogP contribution in [0.25, 0.3) is 11.8 Å². The number of aliphatic carboxylic acids is 1. The SMILES string of the molecule is CC(C)c1ccn(-c2ccc(/C=C/C(=O)O)cc2C#N)n1. The van der Waals surface area contributed by atoms with Crippen LogP contribution in [0.15, 0.2) is 36.5 Å². The molecule has 106 valence electrons. The molecule has 1 aromatic carbocycles. The van der Waals surface area contributed by atoms with E-state index in [2.05, 4.69) is 25.0 Å². The first kappa shape index (κ1) is 14.5. The minimum absolute atomic E-state index is 0.314. The van der Waals surface area contributed by atoms with Crippen LogP contribution in [0.3, 0.4) is 0 Å². The van der Waals surface area contributed by atoms with Gasteiger partial charge in [-0.15, -0.1) is 0 Å². The molecule has 1 heterocycles. The van der Waals surface area contributed by atoms with E-state index in [9.17, 15) is 10.1 Å². The molecule has 0 aliphatic rings. The molecule has 0 spiro atoms. The van der Waals surface area contributed by atoms with E-state index in [4.69, 9.17) is 5.11 Å². The summed E-state index contributed by atoms with van der Waals surface area (Å²) < 4.78 is 1.67. The van der Waals surface area contributed by atoms with Gasteiger partial charge in [-0.25, -0.2) is 9.48 Å². The van der Waals surface area contributed by atoms with E-state index in [0.717, 1.165) is 11.8 Å². The highest BCUT2D eigenvalue weighted by molar-refractivity contribution is 5.85. The van der Waals surface area contributed by atoms with Crippen LogP contribution in [-0.2, 0) is 4.79 Å². The predicted octanol–water partition coefficient (Wildman–Crippen LogP) is 2.97. The zero-order valence-electron chi connectivity index (χ0n) is 11.8. The number of rotatable bonds is 4. The second kappa shape index (κ2) is 6.06. The second-order valence-electron chi connectivity index (χ2n) is 4.90. The monoisotopic (exact) mass is 281 g/mol. The minimum Gasteiger partial charge on any atom is -0.478 e. The van der Waals surface area contributed by atoms with Crippen molar-refractivity contribution in [1.29, 1.82) is 5.26 Å². The van der Waals surface area contributed by atoms with Crippen LogP contribution in [-0.4, -0.2) is 20.9 Å². The lowest BCUT2D eigenvalue weighted by atomic mass is 10.1. The summed E-state index contributed by atoms with van der Waals surface area (Å²) in [7, 11) is 0. The summed E-state index contributed by atoms with van der Waals surface area (Å²) in [6, 6.07) is 9.20. The molecular weight excluding hydrogens is 266 g/mol. The Hall–Kier alpha value is -2.87. The van der Waals surface area contributed by atoms with E-state index < -0.39 is 5.97 Å². The number of aromatic nitrogens is 2. The Labute approximate surface area is 122 Å². The van der Waals surface area contributed by atoms with Gasteiger partial charge in [-0.3, -0.25) is 0 Å². The minimum atomic E-state index is -1.02. The van der Waals surface area contributed by atoms with Crippen LogP contribution in [0.4, 0.5) is 0 Å². The van der Waals surface area contributed by atoms with Crippen molar-refractivity contribution >= 4 is 12.0 Å². The zero-order valence-corrected chi connectivity index (χ0v) is 11.8. The van der Waals surface area contributed by atoms with Crippen molar-refractivity contribution in [2.75, 3.05) is 0 Å². The van der Waals surface area contributed by atoms with Crippen LogP contribution in [0, 0.1) is 11.3 Å². The highest BCUT2D eigenvalue weighted by Crippen LogP contribution is 2.19. The lowest BCUT2D eigenvalue weighted by Crippen LogP contribution is -2.00. The molecule has 0 amide bonds. The van der Waals surface area contributed by atoms with Gasteiger partial charge in [-0.2, -0.15) is 10.4 Å². The van der Waals surface area contributed by atoms with E-state index >= 15 is 0 Å². The van der Waals surface area contributed by atoms with Crippen LogP contribution in [0.5, 0.6) is 0 Å². The molecule has 0 saturated carbocycles. The Balaban J connectivity index is 2.40. The van der Waals surface area contributed by atoms with Gasteiger partial charge in [0.1, 0.15) is 6.07 Å². The fourth-order valence-electron chi connectivity index (χ4n) is 1.89. The fraction of sp³-hybridized carbons (Fsp3) is 0.188. The quantitative estimate of drug-likeness (QED) is 0.874. The number of carboxylic acids is 1. The average Bonchev–Trinajstić information content (AvgIpc) is 2.94. The standard InChI is InChI=1S/C16H15N3O2/c1-11(2)14-7-8-19(18-14)15-5-3-12(4-6-16(20)21)9-13(15)10-17/h3-9,11H,1-2H3,(H,20,21)/b6-4+. The summed E-state index contributed by atoms with van der Waals surface area (Å²) in [6.45, 7) is 4.11. The third kappa shape index (κ3) is 3.37. The highest BCUT2D eigenvalue weighted by Gasteiger charge is 2.09. The van der Waals surface area contributed by atoms with Crippen molar-refractivity contribution in [3.8, 4) is 11.8 Å². The van der Waals surface area contributed by atoms with E-state index in [1.165, 1.54) is 6.08 Å². The van der Waals surface area contributed by atoms with Gasteiger partial charge in [-0.05, 0) is 35.8 Å². The molecule has 2 aromatic rings. The molecule has 0 atom stereocenters. The summed E-state index contributed by atoms with van der Waals surface area (Å²) in [4.78, 5) is 10.5. The third-order valence-corrected chi connectivity index (χ3v) is 3.01. The van der Waals surface area contributed by atoms with Crippen LogP contribution < -0.4 is 0 Å². The third-order valence-electron chi connectivity index (χ3n) is 3.01. The summed E-state index contributed by atoms with van der Waals surface area (Å²) in [5, 5.41) is 22.3. The van der Waals surface area contributed by atoms with E-state index in [1.807, 2.05) is 12.3 Å². The van der Waals surface area contributed by atoms with Crippen molar-refractivity contribution in [1.82, 2.24) is 9.78 Å². The largest absolute Gasteiger partial charge is 0.478 e. The second-order valence-corrected chi connectivity index (χ2v) is 4.90. The van der Waals surface area contributed by atoms with Gasteiger partial charge in [0.15, 0.2) is 0 Å². The van der Waals surface area contributed by atoms with E-state index in [0.29, 0.717) is 22.7 Å². The number of nitriles is 1. The van der Waals surface area contributed by atoms with Gasteiger partial charge >= 0.3 is 5.97 Å². The Kier molecular flexibility index (Phi) is 4.19. The van der Waals surface area contributed by atoms with E-state index in [-0.39, 0.29) is 0 Å². The first-order valence-corrected chi connectivity index (χ1v) is 6.52. The maximum absolute atomic E-state index is 10.5. The van der Waals surface area contributed by atoms with Gasteiger partial charge in [0.05, 0.1) is 16.9 Å². The number of nitrogens with zero attached hydrogens (tertiary/aromatic N) is 3. The van der Waals surface area contributed by atoms with Crippen LogP contribution in [0.1, 0.15) is 36.6 Å². The molecule has 0 aliphatic heterocycles. The van der Waals surface area contributed by atoms with Crippen molar-refractivity contribution < 1.29 is 9.90 Å². The molecule has 0 unspecified atom stereocenters. The lowest BCUT2D eigenvalue weighted by Gasteiger charge is -2.06. The van der Waals surface area contributed by atoms with Gasteiger partial charge < -0.3 is 5.11 Å². The van der Waals surface area contributed by atoms with Crippen LogP contribution in [0.2, 0.25) is 0 Å². The predicted molar refractivity (Wildman–Crippen MR) is 79.0 cm³/mol. The maximum atomic E-state index is 10.5. The molecule has 1 aromatic heterocycles. The van der Waals surface area contributed by atoms with Crippen LogP contribution >= 0.6 is 0 Å². The Bertz CT molecular complexity index is 736. The topological polar surface area (TPSA) is 78.9 Å². The molecule has 0 fully saturated rings. The first-order chi connectivity index (χ1) is 10.0. The lowest BCUT2D eigenvalue weighted by molar-refractivity contribution is -0.131. The van der Waals surface area contributed by atoms with Gasteiger partial charge in [0.25, 0.3) is 0 Å². The average molecular weight is 281 g/mol. The molecule has 0 bridgehead atoms.